The normalized spacial score (nSPS) is 20.6. The van der Waals surface area contributed by atoms with E-state index in [0.29, 0.717) is 11.1 Å². The number of hydrogen-bond acceptors (Lipinski definition) is 6. The van der Waals surface area contributed by atoms with Crippen molar-refractivity contribution in [3.05, 3.63) is 40.1 Å². The van der Waals surface area contributed by atoms with Crippen molar-refractivity contribution in [2.75, 3.05) is 7.05 Å². The van der Waals surface area contributed by atoms with Crippen LogP contribution in [0.4, 0.5) is 0 Å². The molecule has 0 unspecified atom stereocenters. The highest BCUT2D eigenvalue weighted by molar-refractivity contribution is 7.10. The number of carbonyl (C=O) groups is 1. The Morgan fingerprint density at radius 3 is 2.88 bits per heavy atom. The van der Waals surface area contributed by atoms with Gasteiger partial charge in [-0.1, -0.05) is 0 Å². The van der Waals surface area contributed by atoms with Crippen molar-refractivity contribution >= 4 is 23.2 Å². The zero-order chi connectivity index (χ0) is 17.5. The molecule has 2 aromatic rings. The Morgan fingerprint density at radius 2 is 2.21 bits per heavy atom. The molecule has 2 heterocycles. The molecule has 0 spiro atoms. The van der Waals surface area contributed by atoms with Gasteiger partial charge in [-0.15, -0.1) is 11.3 Å². The minimum atomic E-state index is -0.723. The number of phenolic OH excluding ortho intramolecular Hbond substituents is 1. The fraction of sp³-hybridized carbons (Fsp3) is 0.235. The molecule has 0 aliphatic carbocycles. The van der Waals surface area contributed by atoms with E-state index in [0.717, 1.165) is 10.4 Å². The Morgan fingerprint density at radius 1 is 1.46 bits per heavy atom. The lowest BCUT2D eigenvalue weighted by atomic mass is 9.93. The number of phenols is 1. The molecule has 1 amide bonds. The van der Waals surface area contributed by atoms with E-state index in [9.17, 15) is 9.90 Å². The van der Waals surface area contributed by atoms with Crippen molar-refractivity contribution in [2.24, 2.45) is 10.7 Å². The molecule has 1 aliphatic rings. The van der Waals surface area contributed by atoms with Crippen LogP contribution in [0.25, 0.3) is 11.1 Å². The maximum Gasteiger partial charge on any atom is 0.231 e. The number of amides is 1. The maximum atomic E-state index is 12.1. The number of rotatable bonds is 2. The topological polar surface area (TPSA) is 103 Å². The number of hydrogen-bond donors (Lipinski definition) is 2. The highest BCUT2D eigenvalue weighted by Crippen LogP contribution is 2.40. The minimum absolute atomic E-state index is 0.0886. The number of nitrogens with two attached hydrogens (primary N) is 1. The first-order valence-electron chi connectivity index (χ1n) is 7.28. The minimum Gasteiger partial charge on any atom is -0.507 e. The third-order valence-electron chi connectivity index (χ3n) is 4.14. The summed E-state index contributed by atoms with van der Waals surface area (Å²) in [5.41, 5.74) is 6.96. The van der Waals surface area contributed by atoms with Crippen LogP contribution in [0.3, 0.4) is 0 Å². The number of carbonyl (C=O) groups excluding carboxylic acids is 1. The molecular formula is C17H16N4O2S. The van der Waals surface area contributed by atoms with Gasteiger partial charge in [-0.25, -0.2) is 4.99 Å². The average molecular weight is 340 g/mol. The van der Waals surface area contributed by atoms with E-state index in [1.165, 1.54) is 22.3 Å². The second-order valence-corrected chi connectivity index (χ2v) is 6.83. The Labute approximate surface area is 143 Å². The summed E-state index contributed by atoms with van der Waals surface area (Å²) in [4.78, 5) is 18.8. The van der Waals surface area contributed by atoms with Gasteiger partial charge >= 0.3 is 0 Å². The Bertz CT molecular complexity index is 896. The first-order chi connectivity index (χ1) is 11.3. The fourth-order valence-corrected chi connectivity index (χ4v) is 3.66. The predicted molar refractivity (Wildman–Crippen MR) is 92.5 cm³/mol. The van der Waals surface area contributed by atoms with Gasteiger partial charge in [0.1, 0.15) is 11.3 Å². The number of nitriles is 1. The van der Waals surface area contributed by atoms with Crippen LogP contribution in [0.5, 0.6) is 5.75 Å². The monoisotopic (exact) mass is 340 g/mol. The molecular weight excluding hydrogens is 324 g/mol. The van der Waals surface area contributed by atoms with Gasteiger partial charge in [-0.3, -0.25) is 9.69 Å². The van der Waals surface area contributed by atoms with E-state index >= 15 is 0 Å². The molecule has 3 rings (SSSR count). The lowest BCUT2D eigenvalue weighted by molar-refractivity contribution is -0.128. The maximum absolute atomic E-state index is 12.1. The van der Waals surface area contributed by atoms with E-state index < -0.39 is 5.54 Å². The number of guanidine groups is 1. The second kappa shape index (κ2) is 5.65. The number of aliphatic imine (C=N–C) groups is 1. The number of aromatic hydroxyl groups is 1. The summed E-state index contributed by atoms with van der Waals surface area (Å²) in [5.74, 6) is 0.207. The van der Waals surface area contributed by atoms with E-state index in [2.05, 4.69) is 11.1 Å². The summed E-state index contributed by atoms with van der Waals surface area (Å²) in [6.07, 6.45) is 0.231. The summed E-state index contributed by atoms with van der Waals surface area (Å²) in [6.45, 7) is 1.87. The lowest BCUT2D eigenvalue weighted by Gasteiger charge is -2.32. The number of thiophene rings is 1. The number of nitrogens with zero attached hydrogens (tertiary/aromatic N) is 3. The van der Waals surface area contributed by atoms with Crippen molar-refractivity contribution in [3.63, 3.8) is 0 Å². The molecule has 0 saturated carbocycles. The summed E-state index contributed by atoms with van der Waals surface area (Å²) in [5, 5.41) is 21.0. The van der Waals surface area contributed by atoms with Crippen LogP contribution in [0.2, 0.25) is 0 Å². The van der Waals surface area contributed by atoms with Crippen LogP contribution >= 0.6 is 11.3 Å². The molecule has 0 radical (unpaired) electrons. The molecule has 1 atom stereocenters. The molecule has 3 N–H and O–H groups in total. The highest BCUT2D eigenvalue weighted by Gasteiger charge is 2.37. The van der Waals surface area contributed by atoms with Crippen LogP contribution in [0.15, 0.2) is 34.6 Å². The van der Waals surface area contributed by atoms with E-state index in [1.807, 2.05) is 18.4 Å². The van der Waals surface area contributed by atoms with Gasteiger partial charge in [0, 0.05) is 17.5 Å². The predicted octanol–water partition coefficient (Wildman–Crippen LogP) is 2.38. The van der Waals surface area contributed by atoms with Gasteiger partial charge in [0.2, 0.25) is 5.91 Å². The quantitative estimate of drug-likeness (QED) is 0.876. The van der Waals surface area contributed by atoms with Gasteiger partial charge < -0.3 is 10.8 Å². The average Bonchev–Trinajstić information content (AvgIpc) is 3.03. The highest BCUT2D eigenvalue weighted by atomic mass is 32.1. The van der Waals surface area contributed by atoms with Crippen LogP contribution in [-0.2, 0) is 10.3 Å². The van der Waals surface area contributed by atoms with Crippen molar-refractivity contribution in [1.29, 1.82) is 5.26 Å². The van der Waals surface area contributed by atoms with Crippen LogP contribution in [0, 0.1) is 11.3 Å². The third kappa shape index (κ3) is 2.61. The smallest absolute Gasteiger partial charge is 0.231 e. The number of benzene rings is 1. The molecule has 24 heavy (non-hydrogen) atoms. The first-order valence-corrected chi connectivity index (χ1v) is 8.16. The lowest BCUT2D eigenvalue weighted by Crippen LogP contribution is -2.47. The van der Waals surface area contributed by atoms with E-state index in [4.69, 9.17) is 11.0 Å². The molecule has 6 nitrogen and oxygen atoms in total. The molecule has 1 aromatic heterocycles. The van der Waals surface area contributed by atoms with Gasteiger partial charge in [-0.2, -0.15) is 5.26 Å². The summed E-state index contributed by atoms with van der Waals surface area (Å²) < 4.78 is 0. The molecule has 7 heteroatoms. The zero-order valence-electron chi connectivity index (χ0n) is 13.3. The van der Waals surface area contributed by atoms with Crippen LogP contribution in [0.1, 0.15) is 23.8 Å². The third-order valence-corrected chi connectivity index (χ3v) is 5.32. The summed E-state index contributed by atoms with van der Waals surface area (Å²) in [6, 6.07) is 8.65. The molecule has 0 saturated heterocycles. The van der Waals surface area contributed by atoms with Crippen LogP contribution in [-0.4, -0.2) is 28.9 Å². The van der Waals surface area contributed by atoms with Gasteiger partial charge in [0.15, 0.2) is 5.96 Å². The van der Waals surface area contributed by atoms with Crippen molar-refractivity contribution in [2.45, 2.75) is 18.9 Å². The Kier molecular flexibility index (Phi) is 3.78. The van der Waals surface area contributed by atoms with Gasteiger partial charge in [-0.05, 0) is 42.1 Å². The Balaban J connectivity index is 2.03. The molecule has 1 aromatic carbocycles. The first kappa shape index (κ1) is 16.0. The summed E-state index contributed by atoms with van der Waals surface area (Å²) >= 11 is 1.45. The molecule has 0 bridgehead atoms. The molecule has 1 aliphatic heterocycles. The zero-order valence-corrected chi connectivity index (χ0v) is 14.1. The van der Waals surface area contributed by atoms with Gasteiger partial charge in [0.05, 0.1) is 18.1 Å². The largest absolute Gasteiger partial charge is 0.507 e. The molecule has 0 fully saturated rings. The SMILES string of the molecule is CN1C(=O)C[C@](C)(c2cc(-c3cc(C#N)ccc3O)cs2)N=C1N. The van der Waals surface area contributed by atoms with Crippen molar-refractivity contribution in [3.8, 4) is 22.9 Å². The Hall–Kier alpha value is -2.85. The fourth-order valence-electron chi connectivity index (χ4n) is 2.65. The van der Waals surface area contributed by atoms with Gasteiger partial charge in [0.25, 0.3) is 0 Å². The second-order valence-electron chi connectivity index (χ2n) is 5.92. The standard InChI is InChI=1S/C17H16N4O2S/c1-17(7-15(23)21(2)16(19)20-17)14-6-11(9-24-14)12-5-10(8-18)3-4-13(12)22/h3-6,9,22H,7H2,1-2H3,(H2,19,20)/t17-/m1/s1. The van der Waals surface area contributed by atoms with Crippen LogP contribution < -0.4 is 5.73 Å². The summed E-state index contributed by atoms with van der Waals surface area (Å²) in [7, 11) is 1.60. The van der Waals surface area contributed by atoms with Crippen molar-refractivity contribution < 1.29 is 9.90 Å². The van der Waals surface area contributed by atoms with E-state index in [1.54, 1.807) is 19.2 Å². The van der Waals surface area contributed by atoms with Crippen molar-refractivity contribution in [1.82, 2.24) is 4.90 Å². The molecule has 122 valence electrons. The van der Waals surface area contributed by atoms with E-state index in [-0.39, 0.29) is 24.0 Å².